The van der Waals surface area contributed by atoms with Gasteiger partial charge in [0.1, 0.15) is 11.8 Å². The zero-order valence-electron chi connectivity index (χ0n) is 18.0. The van der Waals surface area contributed by atoms with E-state index in [0.717, 1.165) is 18.8 Å². The van der Waals surface area contributed by atoms with Crippen LogP contribution in [0, 0.1) is 0 Å². The third-order valence-electron chi connectivity index (χ3n) is 5.44. The molecule has 0 saturated carbocycles. The van der Waals surface area contributed by atoms with Crippen LogP contribution in [0.4, 0.5) is 11.4 Å². The van der Waals surface area contributed by atoms with Crippen LogP contribution in [0.3, 0.4) is 0 Å². The van der Waals surface area contributed by atoms with E-state index in [1.807, 2.05) is 36.7 Å². The highest BCUT2D eigenvalue weighted by Gasteiger charge is 2.23. The molecule has 2 amide bonds. The maximum atomic E-state index is 12.7. The molecular formula is C24H26N4O5. The zero-order chi connectivity index (χ0) is 23.2. The van der Waals surface area contributed by atoms with Crippen LogP contribution in [0.25, 0.3) is 5.69 Å². The first-order chi connectivity index (χ1) is 16.0. The highest BCUT2D eigenvalue weighted by atomic mass is 16.5. The summed E-state index contributed by atoms with van der Waals surface area (Å²) in [5.74, 6) is -1.45. The number of anilines is 2. The maximum Gasteiger partial charge on any atom is 0.255 e. The molecule has 1 aliphatic rings. The van der Waals surface area contributed by atoms with Crippen molar-refractivity contribution in [3.63, 3.8) is 0 Å². The number of ether oxygens (including phenoxy) is 1. The number of benzene rings is 2. The van der Waals surface area contributed by atoms with Gasteiger partial charge in [0.25, 0.3) is 5.91 Å². The Bertz CT molecular complexity index is 1090. The third-order valence-corrected chi connectivity index (χ3v) is 5.44. The fourth-order valence-corrected chi connectivity index (χ4v) is 3.61. The fraction of sp³-hybridized carbons (Fsp3) is 0.250. The molecule has 1 aliphatic heterocycles. The summed E-state index contributed by atoms with van der Waals surface area (Å²) in [5.41, 5.74) is 2.25. The lowest BCUT2D eigenvalue weighted by molar-refractivity contribution is -0.118. The van der Waals surface area contributed by atoms with Crippen LogP contribution in [-0.4, -0.2) is 65.5 Å². The number of hydrogen-bond acceptors (Lipinski definition) is 6. The van der Waals surface area contributed by atoms with Gasteiger partial charge < -0.3 is 35.1 Å². The number of aromatic hydroxyl groups is 1. The van der Waals surface area contributed by atoms with Gasteiger partial charge in [0.05, 0.1) is 25.4 Å². The number of carbonyl (C=O) groups excluding carboxylic acids is 2. The first kappa shape index (κ1) is 22.4. The molecule has 0 spiro atoms. The molecule has 0 aliphatic carbocycles. The van der Waals surface area contributed by atoms with Crippen molar-refractivity contribution < 1.29 is 24.5 Å². The Morgan fingerprint density at radius 3 is 2.33 bits per heavy atom. The van der Waals surface area contributed by atoms with Gasteiger partial charge in [-0.3, -0.25) is 9.59 Å². The summed E-state index contributed by atoms with van der Waals surface area (Å²) in [7, 11) is 0. The fourth-order valence-electron chi connectivity index (χ4n) is 3.61. The number of amides is 2. The number of carbonyl (C=O) groups is 2. The first-order valence-electron chi connectivity index (χ1n) is 10.7. The molecule has 1 unspecified atom stereocenters. The highest BCUT2D eigenvalue weighted by molar-refractivity contribution is 6.02. The minimum Gasteiger partial charge on any atom is -0.507 e. The van der Waals surface area contributed by atoms with Gasteiger partial charge in [0.2, 0.25) is 5.91 Å². The number of aliphatic hydroxyl groups excluding tert-OH is 1. The lowest BCUT2D eigenvalue weighted by Gasteiger charge is -2.29. The van der Waals surface area contributed by atoms with Crippen molar-refractivity contribution in [2.75, 3.05) is 43.1 Å². The lowest BCUT2D eigenvalue weighted by Crippen LogP contribution is -2.46. The van der Waals surface area contributed by atoms with Crippen LogP contribution in [0.1, 0.15) is 10.4 Å². The Morgan fingerprint density at radius 2 is 1.67 bits per heavy atom. The predicted molar refractivity (Wildman–Crippen MR) is 124 cm³/mol. The van der Waals surface area contributed by atoms with E-state index in [-0.39, 0.29) is 11.3 Å². The molecule has 172 valence electrons. The van der Waals surface area contributed by atoms with Crippen LogP contribution in [0.15, 0.2) is 67.0 Å². The van der Waals surface area contributed by atoms with Gasteiger partial charge in [-0.25, -0.2) is 0 Å². The van der Waals surface area contributed by atoms with Gasteiger partial charge >= 0.3 is 0 Å². The summed E-state index contributed by atoms with van der Waals surface area (Å²) in [6.45, 7) is 2.38. The van der Waals surface area contributed by atoms with Gasteiger partial charge in [0, 0.05) is 42.5 Å². The maximum absolute atomic E-state index is 12.7. The summed E-state index contributed by atoms with van der Waals surface area (Å²) in [4.78, 5) is 27.6. The number of aromatic nitrogens is 1. The van der Waals surface area contributed by atoms with Crippen molar-refractivity contribution in [3.05, 3.63) is 72.6 Å². The van der Waals surface area contributed by atoms with Gasteiger partial charge in [-0.15, -0.1) is 0 Å². The Labute approximate surface area is 191 Å². The van der Waals surface area contributed by atoms with Crippen molar-refractivity contribution in [3.8, 4) is 11.4 Å². The van der Waals surface area contributed by atoms with E-state index in [2.05, 4.69) is 15.5 Å². The molecule has 9 nitrogen and oxygen atoms in total. The van der Waals surface area contributed by atoms with Crippen molar-refractivity contribution in [1.82, 2.24) is 9.88 Å². The molecule has 0 radical (unpaired) electrons. The van der Waals surface area contributed by atoms with E-state index >= 15 is 0 Å². The SMILES string of the molecule is O=C(NC(CO)C(=O)Nc1ccc(N2CCOCC2)cc1)c1cc(-n2cccc2)ccc1O. The lowest BCUT2D eigenvalue weighted by atomic mass is 10.1. The summed E-state index contributed by atoms with van der Waals surface area (Å²) < 4.78 is 7.14. The molecule has 9 heteroatoms. The second-order valence-corrected chi connectivity index (χ2v) is 7.64. The minimum absolute atomic E-state index is 0.00214. The number of nitrogens with zero attached hydrogens (tertiary/aromatic N) is 2. The quantitative estimate of drug-likeness (QED) is 0.436. The number of aliphatic hydroxyl groups is 1. The van der Waals surface area contributed by atoms with E-state index in [1.54, 1.807) is 22.8 Å². The van der Waals surface area contributed by atoms with Crippen LogP contribution in [-0.2, 0) is 9.53 Å². The van der Waals surface area contributed by atoms with Crippen molar-refractivity contribution in [2.45, 2.75) is 6.04 Å². The molecule has 1 fully saturated rings. The summed E-state index contributed by atoms with van der Waals surface area (Å²) in [6.07, 6.45) is 3.62. The van der Waals surface area contributed by atoms with E-state index in [9.17, 15) is 19.8 Å². The second-order valence-electron chi connectivity index (χ2n) is 7.64. The van der Waals surface area contributed by atoms with E-state index in [1.165, 1.54) is 12.1 Å². The highest BCUT2D eigenvalue weighted by Crippen LogP contribution is 2.22. The third kappa shape index (κ3) is 5.33. The molecular weight excluding hydrogens is 424 g/mol. The van der Waals surface area contributed by atoms with Gasteiger partial charge in [0.15, 0.2) is 0 Å². The number of phenolic OH excluding ortho intramolecular Hbond substituents is 1. The normalized spacial score (nSPS) is 14.5. The van der Waals surface area contributed by atoms with Crippen molar-refractivity contribution >= 4 is 23.2 Å². The van der Waals surface area contributed by atoms with E-state index in [0.29, 0.717) is 24.6 Å². The molecule has 4 rings (SSSR count). The summed E-state index contributed by atoms with van der Waals surface area (Å²) in [6, 6.07) is 14.4. The average molecular weight is 450 g/mol. The molecule has 3 aromatic rings. The Hall–Kier alpha value is -3.82. The molecule has 33 heavy (non-hydrogen) atoms. The number of rotatable bonds is 7. The monoisotopic (exact) mass is 450 g/mol. The number of morpholine rings is 1. The van der Waals surface area contributed by atoms with Crippen LogP contribution >= 0.6 is 0 Å². The summed E-state index contributed by atoms with van der Waals surface area (Å²) in [5, 5.41) is 25.0. The molecule has 1 aromatic heterocycles. The molecule has 1 saturated heterocycles. The molecule has 2 aromatic carbocycles. The van der Waals surface area contributed by atoms with Crippen molar-refractivity contribution in [2.24, 2.45) is 0 Å². The van der Waals surface area contributed by atoms with Crippen LogP contribution in [0.2, 0.25) is 0 Å². The van der Waals surface area contributed by atoms with Crippen LogP contribution in [0.5, 0.6) is 5.75 Å². The Morgan fingerprint density at radius 1 is 1.00 bits per heavy atom. The van der Waals surface area contributed by atoms with Crippen LogP contribution < -0.4 is 15.5 Å². The molecule has 2 heterocycles. The second kappa shape index (κ2) is 10.2. The first-order valence-corrected chi connectivity index (χ1v) is 10.7. The molecule has 0 bridgehead atoms. The number of hydrogen-bond donors (Lipinski definition) is 4. The van der Waals surface area contributed by atoms with Gasteiger partial charge in [-0.1, -0.05) is 0 Å². The topological polar surface area (TPSA) is 116 Å². The Balaban J connectivity index is 1.40. The predicted octanol–water partition coefficient (Wildman–Crippen LogP) is 1.75. The van der Waals surface area contributed by atoms with E-state index < -0.39 is 24.5 Å². The standard InChI is InChI=1S/C24H26N4O5/c29-16-21(24(32)25-17-3-5-18(6-4-17)28-11-13-33-14-12-28)26-23(31)20-15-19(7-8-22(20)30)27-9-1-2-10-27/h1-10,15,21,29-30H,11-14,16H2,(H,25,32)(H,26,31). The molecule has 1 atom stereocenters. The smallest absolute Gasteiger partial charge is 0.255 e. The summed E-state index contributed by atoms with van der Waals surface area (Å²) >= 11 is 0. The van der Waals surface area contributed by atoms with Gasteiger partial charge in [-0.05, 0) is 54.6 Å². The zero-order valence-corrected chi connectivity index (χ0v) is 18.0. The average Bonchev–Trinajstić information content (AvgIpc) is 3.38. The number of phenols is 1. The van der Waals surface area contributed by atoms with E-state index in [4.69, 9.17) is 4.74 Å². The van der Waals surface area contributed by atoms with Crippen molar-refractivity contribution in [1.29, 1.82) is 0 Å². The minimum atomic E-state index is -1.19. The van der Waals surface area contributed by atoms with Gasteiger partial charge in [-0.2, -0.15) is 0 Å². The molecule has 4 N–H and O–H groups in total. The largest absolute Gasteiger partial charge is 0.507 e. The number of nitrogens with one attached hydrogen (secondary N) is 2. The Kier molecular flexibility index (Phi) is 6.92.